The number of rotatable bonds is 3. The van der Waals surface area contributed by atoms with Crippen LogP contribution in [0.3, 0.4) is 0 Å². The lowest BCUT2D eigenvalue weighted by Crippen LogP contribution is -2.32. The minimum Gasteiger partial charge on any atom is -0.468 e. The summed E-state index contributed by atoms with van der Waals surface area (Å²) in [6.07, 6.45) is 0.920. The Morgan fingerprint density at radius 3 is 2.31 bits per heavy atom. The van der Waals surface area contributed by atoms with E-state index in [9.17, 15) is 9.59 Å². The van der Waals surface area contributed by atoms with Crippen LogP contribution in [0.2, 0.25) is 0 Å². The fourth-order valence-electron chi connectivity index (χ4n) is 0.501. The first-order valence-corrected chi connectivity index (χ1v) is 3.69. The lowest BCUT2D eigenvalue weighted by Gasteiger charge is -2.06. The molecule has 1 unspecified atom stereocenters. The molecule has 0 radical (unpaired) electrons. The van der Waals surface area contributed by atoms with Crippen molar-refractivity contribution in [1.82, 2.24) is 0 Å². The van der Waals surface area contributed by atoms with E-state index < -0.39 is 18.0 Å². The van der Waals surface area contributed by atoms with Gasteiger partial charge in [0.25, 0.3) is 0 Å². The van der Waals surface area contributed by atoms with Crippen LogP contribution in [0.5, 0.6) is 0 Å². The Morgan fingerprint density at radius 2 is 1.92 bits per heavy atom. The third-order valence-corrected chi connectivity index (χ3v) is 1.55. The average molecular weight is 208 g/mol. The molecule has 0 aliphatic rings. The van der Waals surface area contributed by atoms with Crippen molar-refractivity contribution >= 4 is 23.5 Å². The van der Waals surface area contributed by atoms with Gasteiger partial charge in [-0.3, -0.25) is 0 Å². The van der Waals surface area contributed by atoms with Gasteiger partial charge >= 0.3 is 11.9 Å². The summed E-state index contributed by atoms with van der Waals surface area (Å²) < 4.78 is 8.58. The van der Waals surface area contributed by atoms with Crippen molar-refractivity contribution < 1.29 is 19.1 Å². The summed E-state index contributed by atoms with van der Waals surface area (Å²) in [7, 11) is 2.36. The maximum absolute atomic E-state index is 10.8. The van der Waals surface area contributed by atoms with Crippen LogP contribution in [-0.2, 0) is 19.1 Å². The van der Waals surface area contributed by atoms with Crippen molar-refractivity contribution in [2.24, 2.45) is 5.73 Å². The first-order chi connectivity index (χ1) is 6.02. The normalized spacial score (nSPS) is 13.4. The third-order valence-electron chi connectivity index (χ3n) is 1.21. The fraction of sp³-hybridized carbons (Fsp3) is 0.429. The molecule has 0 aromatic rings. The second-order valence-corrected chi connectivity index (χ2v) is 2.49. The Balaban J connectivity index is 4.40. The van der Waals surface area contributed by atoms with E-state index in [1.54, 1.807) is 0 Å². The van der Waals surface area contributed by atoms with Crippen molar-refractivity contribution in [2.45, 2.75) is 6.04 Å². The molecule has 5 nitrogen and oxygen atoms in total. The molecule has 1 atom stereocenters. The van der Waals surface area contributed by atoms with E-state index in [0.29, 0.717) is 0 Å². The van der Waals surface area contributed by atoms with Crippen LogP contribution < -0.4 is 5.73 Å². The van der Waals surface area contributed by atoms with Crippen molar-refractivity contribution in [2.75, 3.05) is 14.2 Å². The van der Waals surface area contributed by atoms with Crippen LogP contribution in [0, 0.1) is 0 Å². The third kappa shape index (κ3) is 3.91. The number of carbonyl (C=O) groups excluding carboxylic acids is 2. The van der Waals surface area contributed by atoms with Gasteiger partial charge in [0.2, 0.25) is 0 Å². The molecule has 0 saturated heterocycles. The molecule has 0 fully saturated rings. The summed E-state index contributed by atoms with van der Waals surface area (Å²) in [5.74, 6) is -1.39. The van der Waals surface area contributed by atoms with E-state index in [2.05, 4.69) is 9.47 Å². The molecule has 0 aromatic carbocycles. The van der Waals surface area contributed by atoms with Gasteiger partial charge in [-0.05, 0) is 0 Å². The molecule has 0 spiro atoms. The Morgan fingerprint density at radius 1 is 1.38 bits per heavy atom. The lowest BCUT2D eigenvalue weighted by atomic mass is 10.3. The number of carbonyl (C=O) groups is 2. The smallest absolute Gasteiger partial charge is 0.331 e. The van der Waals surface area contributed by atoms with Gasteiger partial charge in [0.15, 0.2) is 0 Å². The predicted molar refractivity (Wildman–Crippen MR) is 45.9 cm³/mol. The highest BCUT2D eigenvalue weighted by molar-refractivity contribution is 6.33. The molecule has 0 aliphatic carbocycles. The zero-order chi connectivity index (χ0) is 10.4. The molecule has 6 heteroatoms. The first kappa shape index (κ1) is 11.9. The van der Waals surface area contributed by atoms with Crippen LogP contribution >= 0.6 is 11.6 Å². The molecule has 13 heavy (non-hydrogen) atoms. The molecule has 0 heterocycles. The topological polar surface area (TPSA) is 78.6 Å². The number of nitrogens with two attached hydrogens (primary N) is 1. The van der Waals surface area contributed by atoms with Crippen molar-refractivity contribution in [1.29, 1.82) is 0 Å². The summed E-state index contributed by atoms with van der Waals surface area (Å²) in [6, 6.07) is -1.15. The standard InChI is InChI=1S/C7H10ClNO4/c1-12-5(10)3-4(8)6(9)7(11)13-2/h3,6H,9H2,1-2H3/b4-3-. The monoisotopic (exact) mass is 207 g/mol. The number of hydrogen-bond donors (Lipinski definition) is 1. The Labute approximate surface area is 80.4 Å². The molecule has 0 amide bonds. The van der Waals surface area contributed by atoms with Crippen LogP contribution in [-0.4, -0.2) is 32.2 Å². The van der Waals surface area contributed by atoms with Crippen molar-refractivity contribution in [3.05, 3.63) is 11.1 Å². The van der Waals surface area contributed by atoms with Gasteiger partial charge in [-0.15, -0.1) is 0 Å². The molecule has 0 rings (SSSR count). The predicted octanol–water partition coefficient (Wildman–Crippen LogP) is -0.218. The SMILES string of the molecule is COC(=O)/C=C(\Cl)C(N)C(=O)OC. The second kappa shape index (κ2) is 5.55. The summed E-state index contributed by atoms with van der Waals surface area (Å²) in [4.78, 5) is 21.4. The van der Waals surface area contributed by atoms with E-state index in [1.807, 2.05) is 0 Å². The lowest BCUT2D eigenvalue weighted by molar-refractivity contribution is -0.141. The van der Waals surface area contributed by atoms with Crippen LogP contribution in [0.15, 0.2) is 11.1 Å². The largest absolute Gasteiger partial charge is 0.468 e. The highest BCUT2D eigenvalue weighted by atomic mass is 35.5. The molecule has 74 valence electrons. The van der Waals surface area contributed by atoms with Gasteiger partial charge in [0, 0.05) is 6.08 Å². The quantitative estimate of drug-likeness (QED) is 0.512. The molecule has 0 bridgehead atoms. The van der Waals surface area contributed by atoms with Gasteiger partial charge in [0.05, 0.1) is 19.3 Å². The average Bonchev–Trinajstić information content (AvgIpc) is 2.14. The first-order valence-electron chi connectivity index (χ1n) is 3.31. The highest BCUT2D eigenvalue weighted by Gasteiger charge is 2.18. The molecular weight excluding hydrogens is 198 g/mol. The zero-order valence-corrected chi connectivity index (χ0v) is 8.00. The number of methoxy groups -OCH3 is 2. The summed E-state index contributed by atoms with van der Waals surface area (Å²) in [5, 5.41) is -0.126. The van der Waals surface area contributed by atoms with Gasteiger partial charge in [0.1, 0.15) is 6.04 Å². The number of hydrogen-bond acceptors (Lipinski definition) is 5. The van der Waals surface area contributed by atoms with Gasteiger partial charge < -0.3 is 15.2 Å². The zero-order valence-electron chi connectivity index (χ0n) is 7.24. The molecule has 0 saturated carbocycles. The van der Waals surface area contributed by atoms with E-state index in [-0.39, 0.29) is 5.03 Å². The molecule has 2 N–H and O–H groups in total. The van der Waals surface area contributed by atoms with Crippen LogP contribution in [0.1, 0.15) is 0 Å². The highest BCUT2D eigenvalue weighted by Crippen LogP contribution is 2.07. The Hall–Kier alpha value is -1.07. The van der Waals surface area contributed by atoms with Crippen LogP contribution in [0.4, 0.5) is 0 Å². The van der Waals surface area contributed by atoms with Gasteiger partial charge in [-0.2, -0.15) is 0 Å². The summed E-state index contributed by atoms with van der Waals surface area (Å²) in [6.45, 7) is 0. The van der Waals surface area contributed by atoms with Crippen LogP contribution in [0.25, 0.3) is 0 Å². The number of esters is 2. The maximum atomic E-state index is 10.8. The van der Waals surface area contributed by atoms with E-state index in [4.69, 9.17) is 17.3 Å². The minimum atomic E-state index is -1.15. The molecule has 0 aliphatic heterocycles. The van der Waals surface area contributed by atoms with E-state index in [1.165, 1.54) is 14.2 Å². The second-order valence-electron chi connectivity index (χ2n) is 2.05. The fourth-order valence-corrected chi connectivity index (χ4v) is 0.679. The van der Waals surface area contributed by atoms with E-state index in [0.717, 1.165) is 6.08 Å². The minimum absolute atomic E-state index is 0.126. The Kier molecular flexibility index (Phi) is 5.10. The number of halogens is 1. The van der Waals surface area contributed by atoms with Gasteiger partial charge in [-0.1, -0.05) is 11.6 Å². The maximum Gasteiger partial charge on any atom is 0.331 e. The Bertz CT molecular complexity index is 239. The summed E-state index contributed by atoms with van der Waals surface area (Å²) in [5.41, 5.74) is 5.29. The van der Waals surface area contributed by atoms with E-state index >= 15 is 0 Å². The molecular formula is C7H10ClNO4. The van der Waals surface area contributed by atoms with Crippen molar-refractivity contribution in [3.8, 4) is 0 Å². The number of ether oxygens (including phenoxy) is 2. The van der Waals surface area contributed by atoms with Crippen molar-refractivity contribution in [3.63, 3.8) is 0 Å². The van der Waals surface area contributed by atoms with Gasteiger partial charge in [-0.25, -0.2) is 9.59 Å². The molecule has 0 aromatic heterocycles. The summed E-state index contributed by atoms with van der Waals surface area (Å²) >= 11 is 5.51.